The molecule has 0 bridgehead atoms. The zero-order chi connectivity index (χ0) is 13.0. The van der Waals surface area contributed by atoms with Gasteiger partial charge in [-0.15, -0.1) is 0 Å². The van der Waals surface area contributed by atoms with E-state index in [2.05, 4.69) is 14.1 Å². The Bertz CT molecular complexity index is 608. The summed E-state index contributed by atoms with van der Waals surface area (Å²) in [7, 11) is -3.42. The molecule has 18 heavy (non-hydrogen) atoms. The van der Waals surface area contributed by atoms with Gasteiger partial charge in [-0.1, -0.05) is 0 Å². The minimum Gasteiger partial charge on any atom is -0.265 e. The van der Waals surface area contributed by atoms with Gasteiger partial charge in [0.15, 0.2) is 4.21 Å². The quantitative estimate of drug-likeness (QED) is 0.899. The molecule has 0 aliphatic heterocycles. The smallest absolute Gasteiger partial charge is 0.251 e. The van der Waals surface area contributed by atoms with Crippen LogP contribution in [0.5, 0.6) is 0 Å². The summed E-state index contributed by atoms with van der Waals surface area (Å²) in [6, 6.07) is 5.30. The third-order valence-electron chi connectivity index (χ3n) is 2.33. The lowest BCUT2D eigenvalue weighted by molar-refractivity contribution is 0.583. The highest BCUT2D eigenvalue weighted by molar-refractivity contribution is 7.91. The van der Waals surface area contributed by atoms with Crippen molar-refractivity contribution in [2.75, 3.05) is 6.54 Å². The predicted octanol–water partition coefficient (Wildman–Crippen LogP) is 1.37. The molecule has 0 amide bonds. The molecule has 2 aromatic rings. The average molecular weight is 283 g/mol. The molecule has 96 valence electrons. The number of hydrogen-bond donors (Lipinski definition) is 1. The van der Waals surface area contributed by atoms with Crippen molar-refractivity contribution in [2.24, 2.45) is 0 Å². The van der Waals surface area contributed by atoms with Gasteiger partial charge in [-0.2, -0.15) is 4.37 Å². The van der Waals surface area contributed by atoms with E-state index < -0.39 is 10.0 Å². The van der Waals surface area contributed by atoms with Crippen molar-refractivity contribution in [2.45, 2.75) is 17.6 Å². The summed E-state index contributed by atoms with van der Waals surface area (Å²) in [6.45, 7) is 2.13. The topological polar surface area (TPSA) is 72.0 Å². The average Bonchev–Trinajstić information content (AvgIpc) is 2.78. The fraction of sp³-hybridized carbons (Fsp3) is 0.273. The van der Waals surface area contributed by atoms with Gasteiger partial charge in [0.1, 0.15) is 0 Å². The molecule has 0 saturated carbocycles. The second-order valence-corrected chi connectivity index (χ2v) is 6.59. The maximum absolute atomic E-state index is 11.9. The Kier molecular flexibility index (Phi) is 4.05. The van der Waals surface area contributed by atoms with E-state index in [9.17, 15) is 8.42 Å². The molecule has 5 nitrogen and oxygen atoms in total. The van der Waals surface area contributed by atoms with E-state index in [-0.39, 0.29) is 4.21 Å². The summed E-state index contributed by atoms with van der Waals surface area (Å²) in [6.07, 6.45) is 4.02. The van der Waals surface area contributed by atoms with Crippen LogP contribution in [0.3, 0.4) is 0 Å². The summed E-state index contributed by atoms with van der Waals surface area (Å²) in [5.74, 6) is 0. The van der Waals surface area contributed by atoms with Crippen LogP contribution in [0.4, 0.5) is 0 Å². The number of sulfonamides is 1. The minimum atomic E-state index is -3.42. The fourth-order valence-electron chi connectivity index (χ4n) is 1.42. The van der Waals surface area contributed by atoms with Crippen LogP contribution in [0.2, 0.25) is 0 Å². The molecule has 1 N–H and O–H groups in total. The van der Waals surface area contributed by atoms with Crippen LogP contribution < -0.4 is 4.72 Å². The molecule has 2 heterocycles. The molecule has 0 unspecified atom stereocenters. The van der Waals surface area contributed by atoms with E-state index in [0.29, 0.717) is 13.0 Å². The molecule has 2 rings (SSSR count). The van der Waals surface area contributed by atoms with E-state index in [1.165, 1.54) is 0 Å². The van der Waals surface area contributed by atoms with Gasteiger partial charge in [-0.25, -0.2) is 13.1 Å². The van der Waals surface area contributed by atoms with Crippen LogP contribution in [0, 0.1) is 6.92 Å². The van der Waals surface area contributed by atoms with Gasteiger partial charge < -0.3 is 0 Å². The van der Waals surface area contributed by atoms with E-state index in [1.807, 2.05) is 12.1 Å². The summed E-state index contributed by atoms with van der Waals surface area (Å²) < 4.78 is 30.5. The monoisotopic (exact) mass is 283 g/mol. The van der Waals surface area contributed by atoms with Crippen molar-refractivity contribution in [1.29, 1.82) is 0 Å². The number of nitrogens with one attached hydrogen (secondary N) is 1. The van der Waals surface area contributed by atoms with Crippen LogP contribution >= 0.6 is 11.5 Å². The Morgan fingerprint density at radius 1 is 1.33 bits per heavy atom. The second-order valence-electron chi connectivity index (χ2n) is 3.79. The van der Waals surface area contributed by atoms with E-state index in [1.54, 1.807) is 25.4 Å². The summed E-state index contributed by atoms with van der Waals surface area (Å²) in [4.78, 5) is 3.91. The molecular formula is C11H13N3O2S2. The van der Waals surface area contributed by atoms with Crippen LogP contribution in [-0.4, -0.2) is 24.3 Å². The predicted molar refractivity (Wildman–Crippen MR) is 70.0 cm³/mol. The summed E-state index contributed by atoms with van der Waals surface area (Å²) in [5, 5.41) is 0. The van der Waals surface area contributed by atoms with Crippen LogP contribution in [-0.2, 0) is 16.4 Å². The maximum atomic E-state index is 11.9. The highest BCUT2D eigenvalue weighted by Crippen LogP contribution is 2.15. The van der Waals surface area contributed by atoms with Crippen molar-refractivity contribution in [3.63, 3.8) is 0 Å². The number of aryl methyl sites for hydroxylation is 1. The molecule has 2 aromatic heterocycles. The Labute approximate surface area is 110 Å². The molecule has 0 spiro atoms. The molecule has 0 aromatic carbocycles. The zero-order valence-electron chi connectivity index (χ0n) is 9.83. The number of hydrogen-bond acceptors (Lipinski definition) is 5. The lowest BCUT2D eigenvalue weighted by Crippen LogP contribution is -2.25. The van der Waals surface area contributed by atoms with E-state index >= 15 is 0 Å². The van der Waals surface area contributed by atoms with Gasteiger partial charge in [-0.3, -0.25) is 4.98 Å². The number of aromatic nitrogens is 2. The number of rotatable bonds is 5. The first-order valence-corrected chi connectivity index (χ1v) is 7.65. The standard InChI is InChI=1S/C11H13N3O2S2/c1-9-8-11(17-14-9)18(15,16)13-7-4-10-2-5-12-6-3-10/h2-3,5-6,8,13H,4,7H2,1H3. The lowest BCUT2D eigenvalue weighted by atomic mass is 10.2. The molecule has 0 aliphatic rings. The summed E-state index contributed by atoms with van der Waals surface area (Å²) in [5.41, 5.74) is 1.77. The molecular weight excluding hydrogens is 270 g/mol. The van der Waals surface area contributed by atoms with E-state index in [0.717, 1.165) is 22.8 Å². The zero-order valence-corrected chi connectivity index (χ0v) is 11.5. The highest BCUT2D eigenvalue weighted by Gasteiger charge is 2.16. The van der Waals surface area contributed by atoms with Gasteiger partial charge in [-0.05, 0) is 48.6 Å². The molecule has 7 heteroatoms. The van der Waals surface area contributed by atoms with Crippen LogP contribution in [0.25, 0.3) is 0 Å². The van der Waals surface area contributed by atoms with Crippen LogP contribution in [0.1, 0.15) is 11.3 Å². The van der Waals surface area contributed by atoms with Gasteiger partial charge in [0.2, 0.25) is 0 Å². The van der Waals surface area contributed by atoms with Crippen LogP contribution in [0.15, 0.2) is 34.8 Å². The Morgan fingerprint density at radius 2 is 2.06 bits per heavy atom. The minimum absolute atomic E-state index is 0.259. The Balaban J connectivity index is 1.94. The fourth-order valence-corrected chi connectivity index (χ4v) is 3.45. The molecule has 0 fully saturated rings. The highest BCUT2D eigenvalue weighted by atomic mass is 32.2. The number of pyridine rings is 1. The first-order chi connectivity index (χ1) is 8.58. The lowest BCUT2D eigenvalue weighted by Gasteiger charge is -2.04. The molecule has 0 saturated heterocycles. The first kappa shape index (κ1) is 13.1. The largest absolute Gasteiger partial charge is 0.265 e. The Hall–Kier alpha value is -1.31. The number of nitrogens with zero attached hydrogens (tertiary/aromatic N) is 2. The first-order valence-electron chi connectivity index (χ1n) is 5.40. The third-order valence-corrected chi connectivity index (χ3v) is 5.12. The van der Waals surface area contributed by atoms with Crippen molar-refractivity contribution >= 4 is 21.6 Å². The third kappa shape index (κ3) is 3.34. The normalized spacial score (nSPS) is 11.6. The van der Waals surface area contributed by atoms with Crippen molar-refractivity contribution in [3.8, 4) is 0 Å². The van der Waals surface area contributed by atoms with Gasteiger partial charge in [0.05, 0.1) is 5.69 Å². The molecule has 0 atom stereocenters. The van der Waals surface area contributed by atoms with Gasteiger partial charge in [0.25, 0.3) is 10.0 Å². The SMILES string of the molecule is Cc1cc(S(=O)(=O)NCCc2ccncc2)sn1. The van der Waals surface area contributed by atoms with Crippen molar-refractivity contribution < 1.29 is 8.42 Å². The van der Waals surface area contributed by atoms with Gasteiger partial charge in [0, 0.05) is 18.9 Å². The molecule has 0 aliphatic carbocycles. The van der Waals surface area contributed by atoms with Gasteiger partial charge >= 0.3 is 0 Å². The van der Waals surface area contributed by atoms with Crippen molar-refractivity contribution in [1.82, 2.24) is 14.1 Å². The second kappa shape index (κ2) is 5.55. The van der Waals surface area contributed by atoms with Crippen molar-refractivity contribution in [3.05, 3.63) is 41.9 Å². The summed E-state index contributed by atoms with van der Waals surface area (Å²) >= 11 is 0.992. The maximum Gasteiger partial charge on any atom is 0.251 e. The molecule has 0 radical (unpaired) electrons. The Morgan fingerprint density at radius 3 is 2.67 bits per heavy atom. The van der Waals surface area contributed by atoms with E-state index in [4.69, 9.17) is 0 Å².